The van der Waals surface area contributed by atoms with Gasteiger partial charge in [-0.15, -0.1) is 0 Å². The molecule has 0 bridgehead atoms. The quantitative estimate of drug-likeness (QED) is 0.843. The molecule has 148 valence electrons. The smallest absolute Gasteiger partial charge is 0.280 e. The van der Waals surface area contributed by atoms with Crippen molar-refractivity contribution in [1.82, 2.24) is 15.0 Å². The second-order valence-electron chi connectivity index (χ2n) is 7.31. The van der Waals surface area contributed by atoms with Gasteiger partial charge in [0.25, 0.3) is 5.56 Å². The fourth-order valence-electron chi connectivity index (χ4n) is 4.28. The largest absolute Gasteiger partial charge is 0.384 e. The van der Waals surface area contributed by atoms with E-state index in [0.29, 0.717) is 31.7 Å². The molecule has 4 rings (SSSR count). The number of carbonyl (C=O) groups is 2. The predicted molar refractivity (Wildman–Crippen MR) is 99.5 cm³/mol. The minimum atomic E-state index is -0.569. The molecule has 2 saturated heterocycles. The third kappa shape index (κ3) is 3.13. The number of aromatic nitrogens is 1. The number of benzene rings is 1. The van der Waals surface area contributed by atoms with Gasteiger partial charge < -0.3 is 19.1 Å². The van der Waals surface area contributed by atoms with E-state index in [1.165, 1.54) is 6.07 Å². The van der Waals surface area contributed by atoms with Crippen molar-refractivity contribution in [3.8, 4) is 0 Å². The van der Waals surface area contributed by atoms with Gasteiger partial charge in [0.05, 0.1) is 5.54 Å². The summed E-state index contributed by atoms with van der Waals surface area (Å²) in [6, 6.07) is 11.2. The summed E-state index contributed by atoms with van der Waals surface area (Å²) in [6.07, 6.45) is 0.928. The fraction of sp³-hybridized carbons (Fsp3) is 0.450. The summed E-state index contributed by atoms with van der Waals surface area (Å²) in [4.78, 5) is 39.8. The van der Waals surface area contributed by atoms with Crippen molar-refractivity contribution < 1.29 is 18.8 Å². The van der Waals surface area contributed by atoms with Crippen molar-refractivity contribution in [2.75, 3.05) is 26.7 Å². The Morgan fingerprint density at radius 3 is 2.79 bits per heavy atom. The molecule has 28 heavy (non-hydrogen) atoms. The van der Waals surface area contributed by atoms with Crippen molar-refractivity contribution in [3.63, 3.8) is 0 Å². The van der Waals surface area contributed by atoms with Crippen molar-refractivity contribution in [1.29, 1.82) is 0 Å². The summed E-state index contributed by atoms with van der Waals surface area (Å²) in [5, 5.41) is 2.23. The molecule has 2 aromatic rings. The van der Waals surface area contributed by atoms with Crippen LogP contribution in [0.5, 0.6) is 0 Å². The Morgan fingerprint density at radius 1 is 1.29 bits per heavy atom. The Balaban J connectivity index is 1.51. The molecule has 0 radical (unpaired) electrons. The zero-order valence-electron chi connectivity index (χ0n) is 15.7. The van der Waals surface area contributed by atoms with E-state index < -0.39 is 5.54 Å². The van der Waals surface area contributed by atoms with Gasteiger partial charge in [-0.05, 0) is 12.0 Å². The highest BCUT2D eigenvalue weighted by atomic mass is 16.5. The van der Waals surface area contributed by atoms with Crippen molar-refractivity contribution >= 4 is 11.8 Å². The van der Waals surface area contributed by atoms with Crippen LogP contribution in [0.3, 0.4) is 0 Å². The van der Waals surface area contributed by atoms with E-state index in [1.54, 1.807) is 9.80 Å². The van der Waals surface area contributed by atoms with Gasteiger partial charge in [0.15, 0.2) is 0 Å². The van der Waals surface area contributed by atoms with Crippen LogP contribution in [0, 0.1) is 0 Å². The van der Waals surface area contributed by atoms with Gasteiger partial charge in [0.2, 0.25) is 11.8 Å². The summed E-state index contributed by atoms with van der Waals surface area (Å²) >= 11 is 0. The number of amides is 2. The van der Waals surface area contributed by atoms with Gasteiger partial charge in [0, 0.05) is 39.0 Å². The molecule has 0 aliphatic carbocycles. The number of hydrogen-bond donors (Lipinski definition) is 1. The lowest BCUT2D eigenvalue weighted by atomic mass is 9.76. The van der Waals surface area contributed by atoms with Crippen LogP contribution >= 0.6 is 0 Å². The highest BCUT2D eigenvalue weighted by molar-refractivity contribution is 5.80. The number of H-pyrrole nitrogens is 1. The van der Waals surface area contributed by atoms with E-state index in [-0.39, 0.29) is 36.5 Å². The monoisotopic (exact) mass is 385 g/mol. The number of piperidine rings is 1. The number of aromatic amines is 1. The number of carbonyl (C=O) groups excluding carboxylic acids is 2. The van der Waals surface area contributed by atoms with Crippen LogP contribution in [0.1, 0.15) is 24.2 Å². The second-order valence-corrected chi connectivity index (χ2v) is 7.31. The van der Waals surface area contributed by atoms with Gasteiger partial charge >= 0.3 is 0 Å². The van der Waals surface area contributed by atoms with Crippen molar-refractivity contribution in [3.05, 3.63) is 58.1 Å². The van der Waals surface area contributed by atoms with E-state index in [2.05, 4.69) is 5.16 Å². The van der Waals surface area contributed by atoms with Crippen LogP contribution in [0.15, 0.2) is 45.7 Å². The van der Waals surface area contributed by atoms with Gasteiger partial charge in [-0.1, -0.05) is 30.3 Å². The third-order valence-electron chi connectivity index (χ3n) is 5.85. The molecule has 0 unspecified atom stereocenters. The first kappa shape index (κ1) is 18.5. The second kappa shape index (κ2) is 7.27. The zero-order valence-corrected chi connectivity index (χ0v) is 15.7. The Morgan fingerprint density at radius 2 is 2.07 bits per heavy atom. The van der Waals surface area contributed by atoms with Gasteiger partial charge in [-0.3, -0.25) is 14.4 Å². The highest BCUT2D eigenvalue weighted by Gasteiger charge is 2.53. The minimum absolute atomic E-state index is 0.0198. The van der Waals surface area contributed by atoms with Gasteiger partial charge in [-0.25, -0.2) is 0 Å². The third-order valence-corrected chi connectivity index (χ3v) is 5.85. The molecule has 2 amide bonds. The zero-order chi connectivity index (χ0) is 19.7. The van der Waals surface area contributed by atoms with Crippen LogP contribution in [0.25, 0.3) is 0 Å². The SMILES string of the molecule is CN1C(=O)CO[C@@H]2CN(C(=O)CCc3cc(=O)[nH]o3)CC[C@]21c1ccccc1. The predicted octanol–water partition coefficient (Wildman–Crippen LogP) is 0.886. The fourth-order valence-corrected chi connectivity index (χ4v) is 4.28. The molecular formula is C20H23N3O5. The molecule has 1 aromatic carbocycles. The van der Waals surface area contributed by atoms with E-state index in [9.17, 15) is 14.4 Å². The summed E-state index contributed by atoms with van der Waals surface area (Å²) in [5.41, 5.74) is 0.147. The highest BCUT2D eigenvalue weighted by Crippen LogP contribution is 2.42. The number of nitrogens with zero attached hydrogens (tertiary/aromatic N) is 2. The molecule has 0 saturated carbocycles. The molecule has 0 spiro atoms. The van der Waals surface area contributed by atoms with E-state index in [1.807, 2.05) is 37.4 Å². The molecule has 3 heterocycles. The lowest BCUT2D eigenvalue weighted by Crippen LogP contribution is -2.67. The number of likely N-dealkylation sites (N-methyl/N-ethyl adjacent to an activating group) is 1. The molecule has 2 aliphatic heterocycles. The summed E-state index contributed by atoms with van der Waals surface area (Å²) in [6.45, 7) is 0.969. The maximum absolute atomic E-state index is 12.7. The average molecular weight is 385 g/mol. The lowest BCUT2D eigenvalue weighted by Gasteiger charge is -2.54. The molecular weight excluding hydrogens is 362 g/mol. The van der Waals surface area contributed by atoms with E-state index in [0.717, 1.165) is 5.56 Å². The molecule has 1 N–H and O–H groups in total. The Bertz CT molecular complexity index is 921. The Hall–Kier alpha value is -2.87. The number of rotatable bonds is 4. The number of aryl methyl sites for hydroxylation is 1. The molecule has 1 aromatic heterocycles. The van der Waals surface area contributed by atoms with Crippen LogP contribution in [0.2, 0.25) is 0 Å². The maximum Gasteiger partial charge on any atom is 0.280 e. The number of morpholine rings is 1. The number of nitrogens with one attached hydrogen (secondary N) is 1. The maximum atomic E-state index is 12.7. The first-order chi connectivity index (χ1) is 13.5. The molecule has 2 atom stereocenters. The van der Waals surface area contributed by atoms with Crippen molar-refractivity contribution in [2.24, 2.45) is 0 Å². The van der Waals surface area contributed by atoms with Crippen molar-refractivity contribution in [2.45, 2.75) is 30.9 Å². The average Bonchev–Trinajstić information content (AvgIpc) is 3.14. The molecule has 2 aliphatic rings. The first-order valence-electron chi connectivity index (χ1n) is 9.39. The lowest BCUT2D eigenvalue weighted by molar-refractivity contribution is -0.184. The van der Waals surface area contributed by atoms with Gasteiger partial charge in [0.1, 0.15) is 18.5 Å². The van der Waals surface area contributed by atoms with Crippen LogP contribution in [0.4, 0.5) is 0 Å². The first-order valence-corrected chi connectivity index (χ1v) is 9.39. The minimum Gasteiger partial charge on any atom is -0.384 e. The topological polar surface area (TPSA) is 95.9 Å². The molecule has 8 nitrogen and oxygen atoms in total. The summed E-state index contributed by atoms with van der Waals surface area (Å²) in [7, 11) is 1.82. The van der Waals surface area contributed by atoms with E-state index >= 15 is 0 Å². The van der Waals surface area contributed by atoms with Crippen LogP contribution in [-0.2, 0) is 26.3 Å². The van der Waals surface area contributed by atoms with Gasteiger partial charge in [-0.2, -0.15) is 5.16 Å². The summed E-state index contributed by atoms with van der Waals surface area (Å²) < 4.78 is 10.9. The Kier molecular flexibility index (Phi) is 4.80. The van der Waals surface area contributed by atoms with Crippen LogP contribution < -0.4 is 5.56 Å². The number of hydrogen-bond acceptors (Lipinski definition) is 5. The number of fused-ring (bicyclic) bond motifs is 1. The molecule has 2 fully saturated rings. The number of ether oxygens (including phenoxy) is 1. The number of likely N-dealkylation sites (tertiary alicyclic amines) is 1. The summed E-state index contributed by atoms with van der Waals surface area (Å²) in [5.74, 6) is 0.393. The van der Waals surface area contributed by atoms with Crippen LogP contribution in [-0.4, -0.2) is 59.6 Å². The Labute approximate surface area is 162 Å². The standard InChI is InChI=1S/C20H23N3O5/c1-22-19(26)13-27-16-12-23(18(25)8-7-15-11-17(24)21-28-15)10-9-20(16,22)14-5-3-2-4-6-14/h2-6,11,16H,7-10,12-13H2,1H3,(H,21,24)/t16-,20+/m1/s1. The van der Waals surface area contributed by atoms with E-state index in [4.69, 9.17) is 9.26 Å². The molecule has 8 heteroatoms. The normalized spacial score (nSPS) is 24.9.